The number of nitrogens with zero attached hydrogens (tertiary/aromatic N) is 5. The van der Waals surface area contributed by atoms with Gasteiger partial charge in [-0.25, -0.2) is 24.9 Å². The van der Waals surface area contributed by atoms with Crippen molar-refractivity contribution < 1.29 is 0 Å². The normalized spacial score (nSPS) is 11.2. The summed E-state index contributed by atoms with van der Waals surface area (Å²) in [5, 5.41) is 4.80. The first-order valence-electron chi connectivity index (χ1n) is 14.5. The Labute approximate surface area is 254 Å². The molecule has 0 spiro atoms. The van der Waals surface area contributed by atoms with Crippen LogP contribution in [0.1, 0.15) is 0 Å². The molecular weight excluding hydrogens is 538 g/mol. The highest BCUT2D eigenvalue weighted by Crippen LogP contribution is 2.31. The van der Waals surface area contributed by atoms with Gasteiger partial charge in [0.25, 0.3) is 0 Å². The van der Waals surface area contributed by atoms with Gasteiger partial charge in [-0.1, -0.05) is 127 Å². The Balaban J connectivity index is 1.24. The first-order valence-corrected chi connectivity index (χ1v) is 14.5. The maximum Gasteiger partial charge on any atom is 0.164 e. The van der Waals surface area contributed by atoms with Gasteiger partial charge in [0.1, 0.15) is 0 Å². The van der Waals surface area contributed by atoms with Crippen LogP contribution >= 0.6 is 0 Å². The number of benzene rings is 6. The van der Waals surface area contributed by atoms with Crippen molar-refractivity contribution in [2.75, 3.05) is 0 Å². The molecule has 206 valence electrons. The van der Waals surface area contributed by atoms with E-state index in [4.69, 9.17) is 15.0 Å². The molecule has 8 rings (SSSR count). The van der Waals surface area contributed by atoms with Crippen LogP contribution in [0.5, 0.6) is 0 Å². The Morgan fingerprint density at radius 2 is 0.773 bits per heavy atom. The second-order valence-electron chi connectivity index (χ2n) is 10.6. The van der Waals surface area contributed by atoms with E-state index >= 15 is 0 Å². The number of hydrogen-bond donors (Lipinski definition) is 0. The van der Waals surface area contributed by atoms with Gasteiger partial charge in [-0.15, -0.1) is 0 Å². The van der Waals surface area contributed by atoms with Crippen molar-refractivity contribution in [3.8, 4) is 56.7 Å². The van der Waals surface area contributed by atoms with Crippen molar-refractivity contribution in [3.63, 3.8) is 0 Å². The minimum absolute atomic E-state index is 0.608. The summed E-state index contributed by atoms with van der Waals surface area (Å²) in [6.07, 6.45) is 3.49. The molecule has 8 aromatic rings. The molecule has 5 nitrogen and oxygen atoms in total. The van der Waals surface area contributed by atoms with E-state index in [2.05, 4.69) is 113 Å². The maximum atomic E-state index is 4.99. The molecule has 5 heteroatoms. The number of rotatable bonds is 5. The van der Waals surface area contributed by atoms with Gasteiger partial charge in [-0.3, -0.25) is 0 Å². The van der Waals surface area contributed by atoms with Crippen LogP contribution in [-0.4, -0.2) is 24.9 Å². The van der Waals surface area contributed by atoms with Crippen LogP contribution in [0.25, 0.3) is 78.2 Å². The molecule has 0 fully saturated rings. The maximum absolute atomic E-state index is 4.99. The van der Waals surface area contributed by atoms with Gasteiger partial charge in [-0.2, -0.15) is 0 Å². The summed E-state index contributed by atoms with van der Waals surface area (Å²) in [5.74, 6) is 2.54. The van der Waals surface area contributed by atoms with Crippen molar-refractivity contribution in [2.45, 2.75) is 0 Å². The van der Waals surface area contributed by atoms with Crippen molar-refractivity contribution in [2.24, 2.45) is 0 Å². The lowest BCUT2D eigenvalue weighted by molar-refractivity contribution is 1.07. The predicted octanol–water partition coefficient (Wildman–Crippen LogP) is 9.30. The second-order valence-corrected chi connectivity index (χ2v) is 10.6. The molecule has 0 saturated carbocycles. The van der Waals surface area contributed by atoms with E-state index in [1.165, 1.54) is 21.7 Å². The van der Waals surface area contributed by atoms with E-state index in [9.17, 15) is 0 Å². The SMILES string of the molecule is c1ccc(-c2ccc(-c3nc(-c4ccc(-c5ncccn5)cc4)nc(-c4ccc5c(ccc6ccccc65)c4)n3)cc2)cc1. The molecule has 0 aliphatic heterocycles. The van der Waals surface area contributed by atoms with Crippen molar-refractivity contribution in [3.05, 3.63) is 152 Å². The van der Waals surface area contributed by atoms with Crippen LogP contribution in [0.4, 0.5) is 0 Å². The molecular formula is C39H25N5. The summed E-state index contributed by atoms with van der Waals surface area (Å²) in [6.45, 7) is 0. The zero-order valence-electron chi connectivity index (χ0n) is 23.7. The molecule has 44 heavy (non-hydrogen) atoms. The third-order valence-electron chi connectivity index (χ3n) is 7.86. The molecule has 0 amide bonds. The van der Waals surface area contributed by atoms with Crippen molar-refractivity contribution in [1.82, 2.24) is 24.9 Å². The Kier molecular flexibility index (Phi) is 6.39. The molecule has 6 aromatic carbocycles. The number of fused-ring (bicyclic) bond motifs is 3. The lowest BCUT2D eigenvalue weighted by Gasteiger charge is -2.11. The fraction of sp³-hybridized carbons (Fsp3) is 0. The monoisotopic (exact) mass is 563 g/mol. The van der Waals surface area contributed by atoms with Gasteiger partial charge in [0.05, 0.1) is 0 Å². The lowest BCUT2D eigenvalue weighted by Crippen LogP contribution is -2.00. The zero-order chi connectivity index (χ0) is 29.3. The Morgan fingerprint density at radius 1 is 0.295 bits per heavy atom. The summed E-state index contributed by atoms with van der Waals surface area (Å²) >= 11 is 0. The smallest absolute Gasteiger partial charge is 0.164 e. The lowest BCUT2D eigenvalue weighted by atomic mass is 10.00. The summed E-state index contributed by atoms with van der Waals surface area (Å²) < 4.78 is 0. The molecule has 0 aliphatic rings. The van der Waals surface area contributed by atoms with Crippen LogP contribution in [0, 0.1) is 0 Å². The third-order valence-corrected chi connectivity index (χ3v) is 7.86. The number of aromatic nitrogens is 5. The fourth-order valence-corrected chi connectivity index (χ4v) is 5.57. The molecule has 0 bridgehead atoms. The first-order chi connectivity index (χ1) is 21.8. The zero-order valence-corrected chi connectivity index (χ0v) is 23.7. The summed E-state index contributed by atoms with van der Waals surface area (Å²) in [5.41, 5.74) is 6.00. The number of hydrogen-bond acceptors (Lipinski definition) is 5. The van der Waals surface area contributed by atoms with E-state index in [1.54, 1.807) is 12.4 Å². The van der Waals surface area contributed by atoms with Crippen LogP contribution in [0.2, 0.25) is 0 Å². The molecule has 0 saturated heterocycles. The molecule has 0 radical (unpaired) electrons. The van der Waals surface area contributed by atoms with Crippen molar-refractivity contribution >= 4 is 21.5 Å². The van der Waals surface area contributed by atoms with Gasteiger partial charge in [0.15, 0.2) is 23.3 Å². The average molecular weight is 564 g/mol. The minimum atomic E-state index is 0.608. The van der Waals surface area contributed by atoms with Gasteiger partial charge in [-0.05, 0) is 44.8 Å². The van der Waals surface area contributed by atoms with E-state index in [0.717, 1.165) is 33.2 Å². The largest absolute Gasteiger partial charge is 0.237 e. The van der Waals surface area contributed by atoms with Gasteiger partial charge >= 0.3 is 0 Å². The summed E-state index contributed by atoms with van der Waals surface area (Å²) in [7, 11) is 0. The Hall–Kier alpha value is -6.07. The Morgan fingerprint density at radius 3 is 1.45 bits per heavy atom. The molecule has 0 unspecified atom stereocenters. The Bertz CT molecular complexity index is 2150. The predicted molar refractivity (Wildman–Crippen MR) is 178 cm³/mol. The molecule has 2 heterocycles. The highest BCUT2D eigenvalue weighted by atomic mass is 15.0. The minimum Gasteiger partial charge on any atom is -0.237 e. The van der Waals surface area contributed by atoms with Crippen LogP contribution < -0.4 is 0 Å². The van der Waals surface area contributed by atoms with E-state index in [-0.39, 0.29) is 0 Å². The summed E-state index contributed by atoms with van der Waals surface area (Å²) in [6, 6.07) is 47.8. The topological polar surface area (TPSA) is 64.5 Å². The third kappa shape index (κ3) is 4.86. The molecule has 0 aliphatic carbocycles. The van der Waals surface area contributed by atoms with Gasteiger partial charge < -0.3 is 0 Å². The van der Waals surface area contributed by atoms with Gasteiger partial charge in [0.2, 0.25) is 0 Å². The van der Waals surface area contributed by atoms with Crippen LogP contribution in [-0.2, 0) is 0 Å². The quantitative estimate of drug-likeness (QED) is 0.195. The average Bonchev–Trinajstić information content (AvgIpc) is 3.12. The van der Waals surface area contributed by atoms with E-state index in [0.29, 0.717) is 23.3 Å². The standard InChI is InChI=1S/C39H25N5/c1-2-7-26(8-3-1)27-11-14-30(15-12-27)37-42-38(31-18-16-29(17-19-31)36-40-23-6-24-41-36)44-39(43-37)33-21-22-35-32(25-33)20-13-28-9-4-5-10-34(28)35/h1-25H. The van der Waals surface area contributed by atoms with Crippen LogP contribution in [0.15, 0.2) is 152 Å². The summed E-state index contributed by atoms with van der Waals surface area (Å²) in [4.78, 5) is 23.7. The van der Waals surface area contributed by atoms with Crippen LogP contribution in [0.3, 0.4) is 0 Å². The molecule has 0 atom stereocenters. The highest BCUT2D eigenvalue weighted by molar-refractivity contribution is 6.08. The molecule has 2 aromatic heterocycles. The first kappa shape index (κ1) is 25.6. The van der Waals surface area contributed by atoms with E-state index in [1.807, 2.05) is 36.4 Å². The highest BCUT2D eigenvalue weighted by Gasteiger charge is 2.14. The van der Waals surface area contributed by atoms with Crippen molar-refractivity contribution in [1.29, 1.82) is 0 Å². The fourth-order valence-electron chi connectivity index (χ4n) is 5.57. The van der Waals surface area contributed by atoms with Gasteiger partial charge in [0, 0.05) is 34.6 Å². The second kappa shape index (κ2) is 11.0. The van der Waals surface area contributed by atoms with E-state index < -0.39 is 0 Å². The molecule has 0 N–H and O–H groups in total.